The first-order valence-electron chi connectivity index (χ1n) is 6.35. The third-order valence-corrected chi connectivity index (χ3v) is 3.08. The van der Waals surface area contributed by atoms with Crippen LogP contribution in [0.1, 0.15) is 26.7 Å². The molecule has 0 spiro atoms. The molecule has 1 aliphatic heterocycles. The Bertz CT molecular complexity index is 203. The smallest absolute Gasteiger partial charge is 0.320 e. The van der Waals surface area contributed by atoms with E-state index < -0.39 is 0 Å². The predicted molar refractivity (Wildman–Crippen MR) is 64.3 cm³/mol. The molecule has 0 aliphatic carbocycles. The van der Waals surface area contributed by atoms with Gasteiger partial charge >= 0.3 is 5.97 Å². The van der Waals surface area contributed by atoms with Crippen LogP contribution < -0.4 is 5.32 Å². The van der Waals surface area contributed by atoms with Gasteiger partial charge in [0, 0.05) is 6.54 Å². The number of ether oxygens (including phenoxy) is 1. The summed E-state index contributed by atoms with van der Waals surface area (Å²) >= 11 is 0. The average Bonchev–Trinajstić information content (AvgIpc) is 2.30. The van der Waals surface area contributed by atoms with Gasteiger partial charge < -0.3 is 10.1 Å². The number of hydrogen-bond donors (Lipinski definition) is 1. The second-order valence-electron chi connectivity index (χ2n) is 4.33. The van der Waals surface area contributed by atoms with Gasteiger partial charge in [-0.05, 0) is 45.3 Å². The molecule has 0 aromatic carbocycles. The van der Waals surface area contributed by atoms with Crippen molar-refractivity contribution in [1.82, 2.24) is 10.2 Å². The Morgan fingerprint density at radius 2 is 2.06 bits per heavy atom. The number of esters is 1. The van der Waals surface area contributed by atoms with Crippen LogP contribution in [0, 0.1) is 5.92 Å². The molecule has 0 radical (unpaired) electrons. The minimum Gasteiger partial charge on any atom is -0.465 e. The van der Waals surface area contributed by atoms with Crippen LogP contribution in [0.3, 0.4) is 0 Å². The maximum absolute atomic E-state index is 11.4. The van der Waals surface area contributed by atoms with Crippen molar-refractivity contribution < 1.29 is 9.53 Å². The van der Waals surface area contributed by atoms with Crippen molar-refractivity contribution >= 4 is 5.97 Å². The molecule has 1 saturated heterocycles. The van der Waals surface area contributed by atoms with Gasteiger partial charge in [0.05, 0.1) is 13.2 Å². The van der Waals surface area contributed by atoms with Crippen molar-refractivity contribution in [2.45, 2.75) is 26.7 Å². The van der Waals surface area contributed by atoms with E-state index in [4.69, 9.17) is 4.74 Å². The molecule has 1 aliphatic rings. The second-order valence-corrected chi connectivity index (χ2v) is 4.33. The monoisotopic (exact) mass is 228 g/mol. The fourth-order valence-electron chi connectivity index (χ4n) is 2.12. The number of carbonyl (C=O) groups excluding carboxylic acids is 1. The van der Waals surface area contributed by atoms with Crippen LogP contribution in [0.2, 0.25) is 0 Å². The molecule has 16 heavy (non-hydrogen) atoms. The molecule has 4 nitrogen and oxygen atoms in total. The molecule has 0 aromatic heterocycles. The molecule has 0 saturated carbocycles. The number of rotatable bonds is 6. The highest BCUT2D eigenvalue weighted by Gasteiger charge is 2.18. The lowest BCUT2D eigenvalue weighted by Gasteiger charge is -2.28. The third kappa shape index (κ3) is 4.94. The standard InChI is InChI=1S/C12H24N2O2/c1-3-14(10-12(15)16-4-2)9-11-5-7-13-8-6-11/h11,13H,3-10H2,1-2H3. The Labute approximate surface area is 98.3 Å². The lowest BCUT2D eigenvalue weighted by molar-refractivity contribution is -0.144. The number of hydrogen-bond acceptors (Lipinski definition) is 4. The van der Waals surface area contributed by atoms with E-state index in [0.29, 0.717) is 13.2 Å². The van der Waals surface area contributed by atoms with Crippen LogP contribution in [0.15, 0.2) is 0 Å². The number of likely N-dealkylation sites (N-methyl/N-ethyl adjacent to an activating group) is 1. The van der Waals surface area contributed by atoms with Crippen LogP contribution in [0.25, 0.3) is 0 Å². The normalized spacial score (nSPS) is 17.7. The Hall–Kier alpha value is -0.610. The number of nitrogens with one attached hydrogen (secondary N) is 1. The van der Waals surface area contributed by atoms with Crippen LogP contribution >= 0.6 is 0 Å². The summed E-state index contributed by atoms with van der Waals surface area (Å²) in [6, 6.07) is 0. The van der Waals surface area contributed by atoms with Gasteiger partial charge in [-0.15, -0.1) is 0 Å². The summed E-state index contributed by atoms with van der Waals surface area (Å²) in [7, 11) is 0. The van der Waals surface area contributed by atoms with Gasteiger partial charge in [0.25, 0.3) is 0 Å². The van der Waals surface area contributed by atoms with Crippen molar-refractivity contribution in [3.8, 4) is 0 Å². The molecular formula is C12H24N2O2. The van der Waals surface area contributed by atoms with Crippen molar-refractivity contribution in [1.29, 1.82) is 0 Å². The quantitative estimate of drug-likeness (QED) is 0.685. The number of piperidine rings is 1. The minimum absolute atomic E-state index is 0.0988. The molecule has 94 valence electrons. The van der Waals surface area contributed by atoms with Gasteiger partial charge in [0.15, 0.2) is 0 Å². The fraction of sp³-hybridized carbons (Fsp3) is 0.917. The minimum atomic E-state index is -0.0988. The summed E-state index contributed by atoms with van der Waals surface area (Å²) in [4.78, 5) is 13.6. The molecule has 0 bridgehead atoms. The molecule has 1 N–H and O–H groups in total. The predicted octanol–water partition coefficient (Wildman–Crippen LogP) is 0.871. The average molecular weight is 228 g/mol. The van der Waals surface area contributed by atoms with Crippen LogP contribution in [0.4, 0.5) is 0 Å². The Balaban J connectivity index is 2.27. The Kier molecular flexibility index (Phi) is 6.42. The molecule has 0 unspecified atom stereocenters. The van der Waals surface area contributed by atoms with E-state index in [9.17, 15) is 4.79 Å². The van der Waals surface area contributed by atoms with Gasteiger partial charge in [0.1, 0.15) is 0 Å². The van der Waals surface area contributed by atoms with E-state index in [0.717, 1.165) is 32.1 Å². The summed E-state index contributed by atoms with van der Waals surface area (Å²) in [5.74, 6) is 0.633. The van der Waals surface area contributed by atoms with E-state index in [1.54, 1.807) is 0 Å². The van der Waals surface area contributed by atoms with Gasteiger partial charge in [-0.25, -0.2) is 0 Å². The highest BCUT2D eigenvalue weighted by atomic mass is 16.5. The molecular weight excluding hydrogens is 204 g/mol. The third-order valence-electron chi connectivity index (χ3n) is 3.08. The maximum Gasteiger partial charge on any atom is 0.320 e. The number of carbonyl (C=O) groups is 1. The largest absolute Gasteiger partial charge is 0.465 e. The molecule has 1 rings (SSSR count). The second kappa shape index (κ2) is 7.63. The van der Waals surface area contributed by atoms with Gasteiger partial charge in [-0.2, -0.15) is 0 Å². The topological polar surface area (TPSA) is 41.6 Å². The highest BCUT2D eigenvalue weighted by Crippen LogP contribution is 2.13. The fourth-order valence-corrected chi connectivity index (χ4v) is 2.12. The highest BCUT2D eigenvalue weighted by molar-refractivity contribution is 5.71. The zero-order valence-electron chi connectivity index (χ0n) is 10.5. The lowest BCUT2D eigenvalue weighted by Crippen LogP contribution is -2.38. The number of nitrogens with zero attached hydrogens (tertiary/aromatic N) is 1. The van der Waals surface area contributed by atoms with E-state index in [1.165, 1.54) is 12.8 Å². The first kappa shape index (κ1) is 13.5. The summed E-state index contributed by atoms with van der Waals surface area (Å²) in [5, 5.41) is 3.36. The first-order chi connectivity index (χ1) is 7.76. The van der Waals surface area contributed by atoms with Crippen LogP contribution in [-0.2, 0) is 9.53 Å². The van der Waals surface area contributed by atoms with E-state index in [1.807, 2.05) is 6.92 Å². The van der Waals surface area contributed by atoms with Gasteiger partial charge in [-0.1, -0.05) is 6.92 Å². The van der Waals surface area contributed by atoms with Gasteiger partial charge in [-0.3, -0.25) is 9.69 Å². The zero-order valence-corrected chi connectivity index (χ0v) is 10.5. The first-order valence-corrected chi connectivity index (χ1v) is 6.35. The summed E-state index contributed by atoms with van der Waals surface area (Å²) in [6.45, 7) is 9.03. The van der Waals surface area contributed by atoms with Gasteiger partial charge in [0.2, 0.25) is 0 Å². The summed E-state index contributed by atoms with van der Waals surface area (Å²) < 4.78 is 4.97. The molecule has 1 fully saturated rings. The Morgan fingerprint density at radius 3 is 2.62 bits per heavy atom. The summed E-state index contributed by atoms with van der Waals surface area (Å²) in [6.07, 6.45) is 2.44. The van der Waals surface area contributed by atoms with E-state index >= 15 is 0 Å². The molecule has 1 heterocycles. The van der Waals surface area contributed by atoms with E-state index in [2.05, 4.69) is 17.1 Å². The molecule has 0 atom stereocenters. The van der Waals surface area contributed by atoms with Crippen molar-refractivity contribution in [2.24, 2.45) is 5.92 Å². The van der Waals surface area contributed by atoms with Crippen LogP contribution in [0.5, 0.6) is 0 Å². The Morgan fingerprint density at radius 1 is 1.38 bits per heavy atom. The maximum atomic E-state index is 11.4. The molecule has 0 aromatic rings. The lowest BCUT2D eigenvalue weighted by atomic mass is 9.97. The molecule has 4 heteroatoms. The summed E-state index contributed by atoms with van der Waals surface area (Å²) in [5.41, 5.74) is 0. The molecule has 0 amide bonds. The van der Waals surface area contributed by atoms with Crippen molar-refractivity contribution in [3.63, 3.8) is 0 Å². The zero-order chi connectivity index (χ0) is 11.8. The van der Waals surface area contributed by atoms with E-state index in [-0.39, 0.29) is 5.97 Å². The van der Waals surface area contributed by atoms with Crippen molar-refractivity contribution in [3.05, 3.63) is 0 Å². The SMILES string of the molecule is CCOC(=O)CN(CC)CC1CCNCC1. The van der Waals surface area contributed by atoms with Crippen LogP contribution in [-0.4, -0.2) is 50.2 Å². The van der Waals surface area contributed by atoms with Crippen molar-refractivity contribution in [2.75, 3.05) is 39.3 Å².